The number of carbonyl (C=O) groups excluding carboxylic acids is 2. The van der Waals surface area contributed by atoms with E-state index in [1.165, 1.54) is 0 Å². The number of hydrogen-bond donors (Lipinski definition) is 1. The number of anilines is 1. The van der Waals surface area contributed by atoms with Crippen LogP contribution in [-0.2, 0) is 0 Å². The molecule has 1 amide bonds. The number of hydrogen-bond acceptors (Lipinski definition) is 4. The van der Waals surface area contributed by atoms with Crippen molar-refractivity contribution in [2.24, 2.45) is 0 Å². The van der Waals surface area contributed by atoms with Crippen molar-refractivity contribution in [2.45, 2.75) is 26.9 Å². The smallest absolute Gasteiger partial charge is 0.255 e. The molecule has 0 saturated heterocycles. The molecule has 156 valence electrons. The molecule has 4 rings (SSSR count). The van der Waals surface area contributed by atoms with Gasteiger partial charge in [-0.05, 0) is 57.2 Å². The molecule has 31 heavy (non-hydrogen) atoms. The lowest BCUT2D eigenvalue weighted by Crippen LogP contribution is -2.14. The summed E-state index contributed by atoms with van der Waals surface area (Å²) in [5.41, 5.74) is 2.91. The van der Waals surface area contributed by atoms with Gasteiger partial charge in [0.25, 0.3) is 5.91 Å². The highest BCUT2D eigenvalue weighted by atomic mass is 16.5. The molecular formula is C26H23NO4. The summed E-state index contributed by atoms with van der Waals surface area (Å²) in [5, 5.41) is 3.55. The van der Waals surface area contributed by atoms with Gasteiger partial charge in [0.2, 0.25) is 5.78 Å². The van der Waals surface area contributed by atoms with Gasteiger partial charge >= 0.3 is 0 Å². The van der Waals surface area contributed by atoms with Crippen molar-refractivity contribution in [3.8, 4) is 5.75 Å². The first-order valence-electron chi connectivity index (χ1n) is 10.1. The van der Waals surface area contributed by atoms with Crippen LogP contribution in [0.3, 0.4) is 0 Å². The maximum absolute atomic E-state index is 13.2. The summed E-state index contributed by atoms with van der Waals surface area (Å²) in [4.78, 5) is 26.1. The lowest BCUT2D eigenvalue weighted by Gasteiger charge is -2.10. The molecular weight excluding hydrogens is 390 g/mol. The van der Waals surface area contributed by atoms with Crippen LogP contribution in [0.2, 0.25) is 0 Å². The molecule has 4 aromatic rings. The Morgan fingerprint density at radius 2 is 1.52 bits per heavy atom. The van der Waals surface area contributed by atoms with Crippen molar-refractivity contribution in [1.82, 2.24) is 0 Å². The number of ether oxygens (including phenoxy) is 1. The first-order chi connectivity index (χ1) is 14.9. The number of benzene rings is 3. The van der Waals surface area contributed by atoms with E-state index in [1.54, 1.807) is 42.5 Å². The third-order valence-electron chi connectivity index (χ3n) is 4.84. The summed E-state index contributed by atoms with van der Waals surface area (Å²) < 4.78 is 11.5. The van der Waals surface area contributed by atoms with Crippen molar-refractivity contribution in [1.29, 1.82) is 0 Å². The molecule has 5 heteroatoms. The second kappa shape index (κ2) is 8.48. The van der Waals surface area contributed by atoms with Crippen molar-refractivity contribution in [2.75, 3.05) is 5.32 Å². The molecule has 0 unspecified atom stereocenters. The number of rotatable bonds is 6. The summed E-state index contributed by atoms with van der Waals surface area (Å²) >= 11 is 0. The molecule has 0 fully saturated rings. The zero-order valence-corrected chi connectivity index (χ0v) is 17.6. The molecule has 1 heterocycles. The number of aryl methyl sites for hydroxylation is 1. The first-order valence-corrected chi connectivity index (χ1v) is 10.1. The van der Waals surface area contributed by atoms with Crippen molar-refractivity contribution in [3.05, 3.63) is 95.2 Å². The van der Waals surface area contributed by atoms with Gasteiger partial charge in [0.1, 0.15) is 11.3 Å². The van der Waals surface area contributed by atoms with E-state index in [0.29, 0.717) is 33.5 Å². The Hall–Kier alpha value is -3.86. The number of carbonyl (C=O) groups is 2. The van der Waals surface area contributed by atoms with Crippen molar-refractivity contribution in [3.63, 3.8) is 0 Å². The molecule has 0 aliphatic heterocycles. The summed E-state index contributed by atoms with van der Waals surface area (Å²) in [6, 6.07) is 21.4. The van der Waals surface area contributed by atoms with E-state index in [-0.39, 0.29) is 23.6 Å². The Balaban J connectivity index is 1.68. The number of furan rings is 1. The normalized spacial score (nSPS) is 11.0. The maximum atomic E-state index is 13.2. The van der Waals surface area contributed by atoms with E-state index < -0.39 is 0 Å². The Bertz CT molecular complexity index is 1230. The summed E-state index contributed by atoms with van der Waals surface area (Å²) in [6.45, 7) is 5.84. The average Bonchev–Trinajstić information content (AvgIpc) is 3.12. The van der Waals surface area contributed by atoms with Gasteiger partial charge in [0.15, 0.2) is 5.76 Å². The van der Waals surface area contributed by atoms with Crippen LogP contribution in [0.5, 0.6) is 5.75 Å². The van der Waals surface area contributed by atoms with Crippen molar-refractivity contribution < 1.29 is 18.7 Å². The second-order valence-corrected chi connectivity index (χ2v) is 7.64. The van der Waals surface area contributed by atoms with Crippen molar-refractivity contribution >= 4 is 28.3 Å². The van der Waals surface area contributed by atoms with Gasteiger partial charge in [-0.1, -0.05) is 42.0 Å². The van der Waals surface area contributed by atoms with E-state index in [1.807, 2.05) is 51.1 Å². The fourth-order valence-electron chi connectivity index (χ4n) is 3.31. The fourth-order valence-corrected chi connectivity index (χ4v) is 3.31. The second-order valence-electron chi connectivity index (χ2n) is 7.64. The van der Waals surface area contributed by atoms with E-state index in [9.17, 15) is 9.59 Å². The number of para-hydroxylation sites is 1. The molecule has 0 saturated carbocycles. The van der Waals surface area contributed by atoms with E-state index in [0.717, 1.165) is 5.56 Å². The highest BCUT2D eigenvalue weighted by Crippen LogP contribution is 2.33. The Morgan fingerprint density at radius 3 is 2.19 bits per heavy atom. The molecule has 0 aliphatic carbocycles. The van der Waals surface area contributed by atoms with Gasteiger partial charge < -0.3 is 14.5 Å². The predicted molar refractivity (Wildman–Crippen MR) is 121 cm³/mol. The van der Waals surface area contributed by atoms with Gasteiger partial charge in [-0.2, -0.15) is 0 Å². The topological polar surface area (TPSA) is 68.5 Å². The Labute approximate surface area is 180 Å². The maximum Gasteiger partial charge on any atom is 0.255 e. The predicted octanol–water partition coefficient (Wildman–Crippen LogP) is 6.01. The van der Waals surface area contributed by atoms with Gasteiger partial charge in [-0.3, -0.25) is 9.59 Å². The van der Waals surface area contributed by atoms with Crippen LogP contribution in [-0.4, -0.2) is 17.8 Å². The molecule has 0 atom stereocenters. The van der Waals surface area contributed by atoms with Crippen LogP contribution >= 0.6 is 0 Å². The molecule has 3 aromatic carbocycles. The number of amides is 1. The highest BCUT2D eigenvalue weighted by Gasteiger charge is 2.23. The lowest BCUT2D eigenvalue weighted by atomic mass is 10.1. The number of ketones is 1. The molecule has 0 aliphatic rings. The van der Waals surface area contributed by atoms with Gasteiger partial charge in [0, 0.05) is 16.5 Å². The summed E-state index contributed by atoms with van der Waals surface area (Å²) in [6.07, 6.45) is 0.0484. The van der Waals surface area contributed by atoms with Gasteiger partial charge in [0.05, 0.1) is 11.8 Å². The summed E-state index contributed by atoms with van der Waals surface area (Å²) in [5.74, 6) is 0.182. The minimum Gasteiger partial charge on any atom is -0.491 e. The van der Waals surface area contributed by atoms with E-state index in [4.69, 9.17) is 9.15 Å². The standard InChI is InChI=1S/C26H23NO4/c1-16(2)30-20-14-12-19(13-15-20)26(29)27-23-21-6-4-5-7-22(21)31-25(23)24(28)18-10-8-17(3)9-11-18/h4-16H,1-3H3,(H,27,29). The van der Waals surface area contributed by atoms with E-state index >= 15 is 0 Å². The first kappa shape index (κ1) is 20.4. The molecule has 1 aromatic heterocycles. The Kier molecular flexibility index (Phi) is 5.58. The minimum atomic E-state index is -0.333. The third kappa shape index (κ3) is 4.36. The fraction of sp³-hybridized carbons (Fsp3) is 0.154. The number of nitrogens with one attached hydrogen (secondary N) is 1. The van der Waals surface area contributed by atoms with Gasteiger partial charge in [-0.15, -0.1) is 0 Å². The third-order valence-corrected chi connectivity index (χ3v) is 4.84. The SMILES string of the molecule is Cc1ccc(C(=O)c2oc3ccccc3c2NC(=O)c2ccc(OC(C)C)cc2)cc1. The van der Waals surface area contributed by atoms with E-state index in [2.05, 4.69) is 5.32 Å². The summed E-state index contributed by atoms with van der Waals surface area (Å²) in [7, 11) is 0. The van der Waals surface area contributed by atoms with Crippen LogP contribution in [0.25, 0.3) is 11.0 Å². The molecule has 0 spiro atoms. The zero-order chi connectivity index (χ0) is 22.0. The van der Waals surface area contributed by atoms with Crippen LogP contribution in [0, 0.1) is 6.92 Å². The van der Waals surface area contributed by atoms with Crippen LogP contribution in [0.4, 0.5) is 5.69 Å². The van der Waals surface area contributed by atoms with Crippen LogP contribution in [0.15, 0.2) is 77.2 Å². The minimum absolute atomic E-state index is 0.0484. The van der Waals surface area contributed by atoms with Crippen LogP contribution < -0.4 is 10.1 Å². The molecule has 1 N–H and O–H groups in total. The average molecular weight is 413 g/mol. The molecule has 5 nitrogen and oxygen atoms in total. The Morgan fingerprint density at radius 1 is 0.871 bits per heavy atom. The largest absolute Gasteiger partial charge is 0.491 e. The van der Waals surface area contributed by atoms with Gasteiger partial charge in [-0.25, -0.2) is 0 Å². The zero-order valence-electron chi connectivity index (χ0n) is 17.6. The highest BCUT2D eigenvalue weighted by molar-refractivity contribution is 6.18. The molecule has 0 radical (unpaired) electrons. The number of fused-ring (bicyclic) bond motifs is 1. The monoisotopic (exact) mass is 413 g/mol. The lowest BCUT2D eigenvalue weighted by molar-refractivity contribution is 0.101. The quantitative estimate of drug-likeness (QED) is 0.393. The molecule has 0 bridgehead atoms. The van der Waals surface area contributed by atoms with Crippen LogP contribution in [0.1, 0.15) is 45.9 Å².